The van der Waals surface area contributed by atoms with Crippen molar-refractivity contribution in [1.82, 2.24) is 29.7 Å². The van der Waals surface area contributed by atoms with Gasteiger partial charge < -0.3 is 11.1 Å². The van der Waals surface area contributed by atoms with Gasteiger partial charge in [0.1, 0.15) is 12.7 Å². The van der Waals surface area contributed by atoms with Crippen LogP contribution in [0.1, 0.15) is 18.5 Å². The Morgan fingerprint density at radius 3 is 2.67 bits per heavy atom. The van der Waals surface area contributed by atoms with E-state index < -0.39 is 0 Å². The standard InChI is InChI=1S/C13H14N8/c1-9(10-5-3-2-4-6-10)17-12-18-11(14)19-13(20-12)21-8-15-7-16-21/h2-9H,1H3,(H3,14,17,18,19,20). The molecule has 0 bridgehead atoms. The van der Waals surface area contributed by atoms with Crippen LogP contribution in [0.3, 0.4) is 0 Å². The predicted octanol–water partition coefficient (Wildman–Crippen LogP) is 1.21. The summed E-state index contributed by atoms with van der Waals surface area (Å²) in [6, 6.07) is 10.0. The molecular weight excluding hydrogens is 268 g/mol. The van der Waals surface area contributed by atoms with Gasteiger partial charge in [-0.2, -0.15) is 24.7 Å². The summed E-state index contributed by atoms with van der Waals surface area (Å²) < 4.78 is 1.43. The van der Waals surface area contributed by atoms with Crippen LogP contribution in [0.5, 0.6) is 0 Å². The second kappa shape index (κ2) is 5.53. The largest absolute Gasteiger partial charge is 0.368 e. The minimum atomic E-state index is 0.0385. The number of anilines is 2. The van der Waals surface area contributed by atoms with Gasteiger partial charge in [-0.1, -0.05) is 30.3 Å². The topological polar surface area (TPSA) is 107 Å². The lowest BCUT2D eigenvalue weighted by molar-refractivity contribution is 0.786. The van der Waals surface area contributed by atoms with Crippen LogP contribution in [0.25, 0.3) is 5.95 Å². The molecule has 0 spiro atoms. The summed E-state index contributed by atoms with van der Waals surface area (Å²) >= 11 is 0. The molecule has 1 aromatic carbocycles. The molecule has 106 valence electrons. The molecule has 8 heteroatoms. The van der Waals surface area contributed by atoms with Crippen LogP contribution in [-0.2, 0) is 0 Å². The highest BCUT2D eigenvalue weighted by molar-refractivity contribution is 5.37. The normalized spacial score (nSPS) is 12.0. The summed E-state index contributed by atoms with van der Waals surface area (Å²) in [6.07, 6.45) is 2.90. The monoisotopic (exact) mass is 282 g/mol. The van der Waals surface area contributed by atoms with Gasteiger partial charge in [0, 0.05) is 0 Å². The van der Waals surface area contributed by atoms with Crippen LogP contribution >= 0.6 is 0 Å². The number of nitrogens with one attached hydrogen (secondary N) is 1. The van der Waals surface area contributed by atoms with Crippen molar-refractivity contribution in [2.45, 2.75) is 13.0 Å². The summed E-state index contributed by atoms with van der Waals surface area (Å²) in [5.74, 6) is 0.838. The summed E-state index contributed by atoms with van der Waals surface area (Å²) in [5.41, 5.74) is 6.84. The molecular formula is C13H14N8. The second-order valence-electron chi connectivity index (χ2n) is 4.43. The van der Waals surface area contributed by atoms with E-state index in [1.807, 2.05) is 37.3 Å². The number of hydrogen-bond donors (Lipinski definition) is 2. The summed E-state index contributed by atoms with van der Waals surface area (Å²) in [5, 5.41) is 7.17. The molecule has 0 aliphatic carbocycles. The van der Waals surface area contributed by atoms with Crippen molar-refractivity contribution in [3.8, 4) is 5.95 Å². The van der Waals surface area contributed by atoms with Crippen LogP contribution in [0, 0.1) is 0 Å². The van der Waals surface area contributed by atoms with E-state index in [1.54, 1.807) is 0 Å². The molecule has 3 aromatic rings. The first-order chi connectivity index (χ1) is 10.2. The van der Waals surface area contributed by atoms with Gasteiger partial charge >= 0.3 is 0 Å². The number of rotatable bonds is 4. The number of benzene rings is 1. The number of nitrogens with zero attached hydrogens (tertiary/aromatic N) is 6. The third kappa shape index (κ3) is 2.94. The molecule has 2 aromatic heterocycles. The minimum Gasteiger partial charge on any atom is -0.368 e. The van der Waals surface area contributed by atoms with E-state index in [9.17, 15) is 0 Å². The van der Waals surface area contributed by atoms with Crippen LogP contribution in [0.2, 0.25) is 0 Å². The molecule has 0 saturated carbocycles. The molecule has 0 saturated heterocycles. The Morgan fingerprint density at radius 2 is 1.95 bits per heavy atom. The highest BCUT2D eigenvalue weighted by atomic mass is 15.4. The maximum atomic E-state index is 5.72. The summed E-state index contributed by atoms with van der Waals surface area (Å²) in [7, 11) is 0. The van der Waals surface area contributed by atoms with E-state index >= 15 is 0 Å². The molecule has 0 amide bonds. The van der Waals surface area contributed by atoms with E-state index in [4.69, 9.17) is 5.73 Å². The minimum absolute atomic E-state index is 0.0385. The number of hydrogen-bond acceptors (Lipinski definition) is 7. The predicted molar refractivity (Wildman–Crippen MR) is 77.6 cm³/mol. The molecule has 0 radical (unpaired) electrons. The average molecular weight is 282 g/mol. The number of nitrogens with two attached hydrogens (primary N) is 1. The molecule has 2 heterocycles. The Labute approximate surface area is 121 Å². The molecule has 0 aliphatic rings. The summed E-state index contributed by atoms with van der Waals surface area (Å²) in [6.45, 7) is 2.02. The first-order valence-electron chi connectivity index (χ1n) is 6.40. The Kier molecular flexibility index (Phi) is 3.42. The van der Waals surface area contributed by atoms with Gasteiger partial charge in [-0.15, -0.1) is 0 Å². The lowest BCUT2D eigenvalue weighted by Crippen LogP contribution is -2.14. The van der Waals surface area contributed by atoms with E-state index in [-0.39, 0.29) is 12.0 Å². The van der Waals surface area contributed by atoms with Crippen molar-refractivity contribution in [3.05, 3.63) is 48.5 Å². The molecule has 1 unspecified atom stereocenters. The Bertz CT molecular complexity index is 710. The Balaban J connectivity index is 1.86. The molecule has 1 atom stereocenters. The molecule has 3 rings (SSSR count). The van der Waals surface area contributed by atoms with Gasteiger partial charge in [0.25, 0.3) is 5.95 Å². The van der Waals surface area contributed by atoms with Gasteiger partial charge in [0.2, 0.25) is 11.9 Å². The molecule has 21 heavy (non-hydrogen) atoms. The van der Waals surface area contributed by atoms with E-state index in [1.165, 1.54) is 17.3 Å². The highest BCUT2D eigenvalue weighted by Gasteiger charge is 2.10. The number of aromatic nitrogens is 6. The van der Waals surface area contributed by atoms with Crippen LogP contribution in [0.15, 0.2) is 43.0 Å². The zero-order valence-corrected chi connectivity index (χ0v) is 11.4. The van der Waals surface area contributed by atoms with Crippen LogP contribution < -0.4 is 11.1 Å². The van der Waals surface area contributed by atoms with Gasteiger partial charge in [-0.05, 0) is 12.5 Å². The molecule has 8 nitrogen and oxygen atoms in total. The quantitative estimate of drug-likeness (QED) is 0.740. The first-order valence-corrected chi connectivity index (χ1v) is 6.40. The molecule has 0 aliphatic heterocycles. The fourth-order valence-electron chi connectivity index (χ4n) is 1.88. The lowest BCUT2D eigenvalue weighted by atomic mass is 10.1. The van der Waals surface area contributed by atoms with Crippen molar-refractivity contribution in [3.63, 3.8) is 0 Å². The summed E-state index contributed by atoms with van der Waals surface area (Å²) in [4.78, 5) is 16.3. The maximum absolute atomic E-state index is 5.72. The van der Waals surface area contributed by atoms with Gasteiger partial charge in [0.05, 0.1) is 6.04 Å². The zero-order valence-electron chi connectivity index (χ0n) is 11.4. The third-order valence-corrected chi connectivity index (χ3v) is 2.91. The highest BCUT2D eigenvalue weighted by Crippen LogP contribution is 2.17. The Hall–Kier alpha value is -3.03. The fraction of sp³-hybridized carbons (Fsp3) is 0.154. The van der Waals surface area contributed by atoms with Crippen LogP contribution in [-0.4, -0.2) is 29.7 Å². The number of nitrogen functional groups attached to an aromatic ring is 1. The van der Waals surface area contributed by atoms with E-state index in [0.717, 1.165) is 5.56 Å². The van der Waals surface area contributed by atoms with E-state index in [2.05, 4.69) is 30.4 Å². The third-order valence-electron chi connectivity index (χ3n) is 2.91. The SMILES string of the molecule is CC(Nc1nc(N)nc(-n2cncn2)n1)c1ccccc1. The lowest BCUT2D eigenvalue weighted by Gasteiger charge is -2.14. The fourth-order valence-corrected chi connectivity index (χ4v) is 1.88. The van der Waals surface area contributed by atoms with Crippen molar-refractivity contribution in [1.29, 1.82) is 0 Å². The van der Waals surface area contributed by atoms with Crippen LogP contribution in [0.4, 0.5) is 11.9 Å². The maximum Gasteiger partial charge on any atom is 0.258 e. The smallest absolute Gasteiger partial charge is 0.258 e. The first kappa shape index (κ1) is 13.0. The second-order valence-corrected chi connectivity index (χ2v) is 4.43. The van der Waals surface area contributed by atoms with Crippen molar-refractivity contribution >= 4 is 11.9 Å². The van der Waals surface area contributed by atoms with Crippen molar-refractivity contribution < 1.29 is 0 Å². The molecule has 3 N–H and O–H groups in total. The molecule has 0 fully saturated rings. The Morgan fingerprint density at radius 1 is 1.14 bits per heavy atom. The van der Waals surface area contributed by atoms with Crippen molar-refractivity contribution in [2.75, 3.05) is 11.1 Å². The van der Waals surface area contributed by atoms with Gasteiger partial charge in [0.15, 0.2) is 0 Å². The van der Waals surface area contributed by atoms with E-state index in [0.29, 0.717) is 11.9 Å². The van der Waals surface area contributed by atoms with Gasteiger partial charge in [-0.3, -0.25) is 0 Å². The van der Waals surface area contributed by atoms with Crippen molar-refractivity contribution in [2.24, 2.45) is 0 Å². The average Bonchev–Trinajstić information content (AvgIpc) is 3.02. The zero-order chi connectivity index (χ0) is 14.7. The van der Waals surface area contributed by atoms with Gasteiger partial charge in [-0.25, -0.2) is 4.98 Å².